The van der Waals surface area contributed by atoms with Crippen molar-refractivity contribution in [1.82, 2.24) is 14.7 Å². The third kappa shape index (κ3) is 6.65. The summed E-state index contributed by atoms with van der Waals surface area (Å²) in [5, 5.41) is 44.3. The van der Waals surface area contributed by atoms with Crippen LogP contribution in [0.1, 0.15) is 39.3 Å². The summed E-state index contributed by atoms with van der Waals surface area (Å²) in [6.07, 6.45) is 0. The van der Waals surface area contributed by atoms with Crippen LogP contribution in [0.2, 0.25) is 0 Å². The molecule has 2 fully saturated rings. The van der Waals surface area contributed by atoms with Crippen LogP contribution in [-0.2, 0) is 22.6 Å². The smallest absolute Gasteiger partial charge is 0.126 e. The van der Waals surface area contributed by atoms with E-state index in [2.05, 4.69) is 9.80 Å². The second kappa shape index (κ2) is 13.2. The van der Waals surface area contributed by atoms with Crippen molar-refractivity contribution in [3.8, 4) is 23.0 Å². The van der Waals surface area contributed by atoms with Gasteiger partial charge in [0.15, 0.2) is 0 Å². The standard InChI is InChI=1S/C28H41N3O6.ClH/c1-18-25(32)20(15-30-5-9-36-10-6-30)13-22(27(18)34)24(17-29(3)4)23-14-21(26(33)19(2)28(23)35)16-31-7-11-37-12-8-31;/h13-14,24,32-35H,5-12,15-17H2,1-4H3;1H. The summed E-state index contributed by atoms with van der Waals surface area (Å²) in [5.74, 6) is -0.156. The highest BCUT2D eigenvalue weighted by Gasteiger charge is 2.29. The van der Waals surface area contributed by atoms with Crippen molar-refractivity contribution in [3.05, 3.63) is 45.5 Å². The molecule has 212 valence electrons. The van der Waals surface area contributed by atoms with Gasteiger partial charge >= 0.3 is 0 Å². The van der Waals surface area contributed by atoms with Gasteiger partial charge in [-0.1, -0.05) is 0 Å². The van der Waals surface area contributed by atoms with E-state index in [1.54, 1.807) is 13.8 Å². The molecular weight excluding hydrogens is 510 g/mol. The van der Waals surface area contributed by atoms with Crippen LogP contribution < -0.4 is 0 Å². The molecule has 0 amide bonds. The van der Waals surface area contributed by atoms with Crippen LogP contribution in [0.3, 0.4) is 0 Å². The number of rotatable bonds is 8. The monoisotopic (exact) mass is 551 g/mol. The van der Waals surface area contributed by atoms with E-state index >= 15 is 0 Å². The molecule has 10 heteroatoms. The molecule has 4 rings (SSSR count). The Bertz CT molecular complexity index is 1020. The normalized spacial score (nSPS) is 17.2. The Kier molecular flexibility index (Phi) is 10.5. The van der Waals surface area contributed by atoms with E-state index in [4.69, 9.17) is 9.47 Å². The minimum absolute atomic E-state index is 0. The zero-order chi connectivity index (χ0) is 26.7. The van der Waals surface area contributed by atoms with Crippen molar-refractivity contribution in [2.24, 2.45) is 0 Å². The summed E-state index contributed by atoms with van der Waals surface area (Å²) in [4.78, 5) is 6.46. The van der Waals surface area contributed by atoms with Crippen LogP contribution in [0, 0.1) is 13.8 Å². The molecule has 2 heterocycles. The minimum atomic E-state index is -0.388. The van der Waals surface area contributed by atoms with Crippen LogP contribution >= 0.6 is 12.4 Å². The number of hydrogen-bond donors (Lipinski definition) is 4. The van der Waals surface area contributed by atoms with Crippen molar-refractivity contribution in [3.63, 3.8) is 0 Å². The number of phenolic OH excluding ortho intramolecular Hbond substituents is 4. The van der Waals surface area contributed by atoms with Gasteiger partial charge in [-0.3, -0.25) is 9.80 Å². The average Bonchev–Trinajstić information content (AvgIpc) is 2.89. The van der Waals surface area contributed by atoms with E-state index in [9.17, 15) is 20.4 Å². The van der Waals surface area contributed by atoms with Crippen LogP contribution in [0.25, 0.3) is 0 Å². The van der Waals surface area contributed by atoms with Crippen LogP contribution in [0.15, 0.2) is 12.1 Å². The van der Waals surface area contributed by atoms with E-state index in [0.29, 0.717) is 68.3 Å². The van der Waals surface area contributed by atoms with Crippen LogP contribution in [0.4, 0.5) is 0 Å². The van der Waals surface area contributed by atoms with Gasteiger partial charge in [-0.25, -0.2) is 0 Å². The maximum atomic E-state index is 11.2. The molecule has 0 saturated carbocycles. The summed E-state index contributed by atoms with van der Waals surface area (Å²) in [6.45, 7) is 10.8. The van der Waals surface area contributed by atoms with E-state index < -0.39 is 0 Å². The van der Waals surface area contributed by atoms with Crippen molar-refractivity contribution >= 4 is 12.4 Å². The quantitative estimate of drug-likeness (QED) is 0.394. The van der Waals surface area contributed by atoms with Crippen molar-refractivity contribution < 1.29 is 29.9 Å². The van der Waals surface area contributed by atoms with Gasteiger partial charge < -0.3 is 34.8 Å². The van der Waals surface area contributed by atoms with Crippen LogP contribution in [-0.4, -0.2) is 108 Å². The lowest BCUT2D eigenvalue weighted by molar-refractivity contribution is 0.0338. The molecule has 2 aromatic rings. The van der Waals surface area contributed by atoms with Gasteiger partial charge in [0.25, 0.3) is 0 Å². The second-order valence-electron chi connectivity index (χ2n) is 10.5. The first kappa shape index (κ1) is 30.3. The number of nitrogens with zero attached hydrogens (tertiary/aromatic N) is 3. The van der Waals surface area contributed by atoms with Gasteiger partial charge in [-0.2, -0.15) is 0 Å². The first-order chi connectivity index (χ1) is 17.7. The first-order valence-electron chi connectivity index (χ1n) is 13.0. The Balaban J connectivity index is 0.00000400. The van der Waals surface area contributed by atoms with Crippen molar-refractivity contribution in [2.75, 3.05) is 73.2 Å². The molecule has 2 aliphatic rings. The Hall–Kier alpha value is -2.27. The summed E-state index contributed by atoms with van der Waals surface area (Å²) in [5.41, 5.74) is 3.61. The zero-order valence-electron chi connectivity index (χ0n) is 22.9. The van der Waals surface area contributed by atoms with E-state index in [-0.39, 0.29) is 41.3 Å². The summed E-state index contributed by atoms with van der Waals surface area (Å²) in [7, 11) is 3.90. The van der Waals surface area contributed by atoms with Crippen molar-refractivity contribution in [2.45, 2.75) is 32.9 Å². The largest absolute Gasteiger partial charge is 0.507 e. The molecule has 0 spiro atoms. The number of ether oxygens (including phenoxy) is 2. The lowest BCUT2D eigenvalue weighted by atomic mass is 9.84. The Morgan fingerprint density at radius 1 is 0.711 bits per heavy atom. The van der Waals surface area contributed by atoms with Gasteiger partial charge in [0.1, 0.15) is 23.0 Å². The maximum absolute atomic E-state index is 11.2. The number of halogens is 1. The molecule has 4 N–H and O–H groups in total. The topological polar surface area (TPSA) is 109 Å². The highest BCUT2D eigenvalue weighted by atomic mass is 35.5. The van der Waals surface area contributed by atoms with Gasteiger partial charge in [0.2, 0.25) is 0 Å². The fourth-order valence-corrected chi connectivity index (χ4v) is 5.29. The molecule has 0 unspecified atom stereocenters. The molecule has 0 radical (unpaired) electrons. The van der Waals surface area contributed by atoms with Crippen LogP contribution in [0.5, 0.6) is 23.0 Å². The van der Waals surface area contributed by atoms with E-state index in [1.165, 1.54) is 0 Å². The van der Waals surface area contributed by atoms with Crippen molar-refractivity contribution in [1.29, 1.82) is 0 Å². The SMILES string of the molecule is Cc1c(O)c(CN2CCOCC2)cc(C(CN(C)C)c2cc(CN3CCOCC3)c(O)c(C)c2O)c1O.Cl. The third-order valence-electron chi connectivity index (χ3n) is 7.53. The molecule has 2 saturated heterocycles. The predicted octanol–water partition coefficient (Wildman–Crippen LogP) is 2.91. The first-order valence-corrected chi connectivity index (χ1v) is 13.0. The predicted molar refractivity (Wildman–Crippen MR) is 149 cm³/mol. The fraction of sp³-hybridized carbons (Fsp3) is 0.571. The molecule has 2 aromatic carbocycles. The number of aromatic hydroxyl groups is 4. The number of likely N-dealkylation sites (N-methyl/N-ethyl adjacent to an activating group) is 1. The highest BCUT2D eigenvalue weighted by Crippen LogP contribution is 2.45. The molecular formula is C28H42ClN3O6. The van der Waals surface area contributed by atoms with E-state index in [1.807, 2.05) is 31.1 Å². The number of phenols is 4. The fourth-order valence-electron chi connectivity index (χ4n) is 5.29. The molecule has 0 bridgehead atoms. The zero-order valence-corrected chi connectivity index (χ0v) is 23.7. The maximum Gasteiger partial charge on any atom is 0.126 e. The Labute approximate surface area is 231 Å². The van der Waals surface area contributed by atoms with Gasteiger partial charge in [0, 0.05) is 85.1 Å². The molecule has 38 heavy (non-hydrogen) atoms. The number of benzene rings is 2. The number of hydrogen-bond acceptors (Lipinski definition) is 9. The van der Waals surface area contributed by atoms with E-state index in [0.717, 1.165) is 37.3 Å². The lowest BCUT2D eigenvalue weighted by Crippen LogP contribution is -2.35. The molecule has 0 aliphatic carbocycles. The highest BCUT2D eigenvalue weighted by molar-refractivity contribution is 5.85. The van der Waals surface area contributed by atoms with Gasteiger partial charge in [0.05, 0.1) is 26.4 Å². The molecule has 2 aliphatic heterocycles. The summed E-state index contributed by atoms with van der Waals surface area (Å²) >= 11 is 0. The molecule has 0 atom stereocenters. The Morgan fingerprint density at radius 3 is 1.42 bits per heavy atom. The minimum Gasteiger partial charge on any atom is -0.507 e. The lowest BCUT2D eigenvalue weighted by Gasteiger charge is -2.30. The summed E-state index contributed by atoms with van der Waals surface area (Å²) < 4.78 is 10.9. The molecule has 9 nitrogen and oxygen atoms in total. The summed E-state index contributed by atoms with van der Waals surface area (Å²) in [6, 6.07) is 3.73. The van der Waals surface area contributed by atoms with Gasteiger partial charge in [-0.05, 0) is 40.1 Å². The Morgan fingerprint density at radius 2 is 1.08 bits per heavy atom. The molecule has 0 aromatic heterocycles. The second-order valence-corrected chi connectivity index (χ2v) is 10.5. The third-order valence-corrected chi connectivity index (χ3v) is 7.53. The number of morpholine rings is 2. The average molecular weight is 552 g/mol. The van der Waals surface area contributed by atoms with Gasteiger partial charge in [-0.15, -0.1) is 12.4 Å².